The molecule has 5 heteroatoms. The Hall–Kier alpha value is 1.28. The Kier molecular flexibility index (Phi) is 9.63. The molecule has 0 aromatic heterocycles. The van der Waals surface area contributed by atoms with Crippen LogP contribution in [0.1, 0.15) is 2.85 Å². The summed E-state index contributed by atoms with van der Waals surface area (Å²) >= 11 is 0. The van der Waals surface area contributed by atoms with Crippen molar-refractivity contribution in [1.29, 1.82) is 0 Å². The smallest absolute Gasteiger partial charge is 1.00 e. The molecule has 0 unspecified atom stereocenters. The van der Waals surface area contributed by atoms with Crippen LogP contribution in [0.2, 0.25) is 0 Å². The second-order valence-electron chi connectivity index (χ2n) is 2.92. The SMILES string of the molecule is C[N+](C)(C)CCOP=O.[Ca+2].[H-].[H-]. The van der Waals surface area contributed by atoms with Crippen molar-refractivity contribution >= 4 is 46.4 Å². The van der Waals surface area contributed by atoms with Gasteiger partial charge in [-0.2, -0.15) is 0 Å². The van der Waals surface area contributed by atoms with Crippen molar-refractivity contribution in [2.24, 2.45) is 0 Å². The maximum absolute atomic E-state index is 9.76. The zero-order valence-electron chi connectivity index (χ0n) is 8.83. The van der Waals surface area contributed by atoms with Crippen molar-refractivity contribution in [1.82, 2.24) is 0 Å². The first-order valence-corrected chi connectivity index (χ1v) is 3.54. The van der Waals surface area contributed by atoms with Crippen LogP contribution in [-0.2, 0) is 9.09 Å². The standard InChI is InChI=1S/C5H13NO2P.Ca.2H/c1-6(2,3)4-5-8-9-7;;;/h4-5H2,1-3H3;;;/q+1;+2;2*-1. The Morgan fingerprint density at radius 2 is 2.00 bits per heavy atom. The van der Waals surface area contributed by atoms with E-state index in [9.17, 15) is 4.57 Å². The zero-order chi connectivity index (χ0) is 7.33. The van der Waals surface area contributed by atoms with E-state index < -0.39 is 0 Å². The van der Waals surface area contributed by atoms with Gasteiger partial charge in [0.25, 0.3) is 0 Å². The predicted octanol–water partition coefficient (Wildman–Crippen LogP) is 0.760. The van der Waals surface area contributed by atoms with E-state index in [1.807, 2.05) is 0 Å². The molecule has 0 heterocycles. The minimum atomic E-state index is -0.217. The fourth-order valence-electron chi connectivity index (χ4n) is 0.352. The van der Waals surface area contributed by atoms with Gasteiger partial charge in [-0.05, 0) is 0 Å². The van der Waals surface area contributed by atoms with Crippen LogP contribution >= 0.6 is 8.69 Å². The molecule has 3 nitrogen and oxygen atoms in total. The molecule has 0 N–H and O–H groups in total. The molecular weight excluding hydrogens is 177 g/mol. The van der Waals surface area contributed by atoms with Crippen LogP contribution in [0.3, 0.4) is 0 Å². The Morgan fingerprint density at radius 1 is 1.50 bits per heavy atom. The van der Waals surface area contributed by atoms with E-state index in [-0.39, 0.29) is 49.3 Å². The van der Waals surface area contributed by atoms with Gasteiger partial charge in [0.05, 0.1) is 21.1 Å². The first-order valence-electron chi connectivity index (χ1n) is 2.81. The second-order valence-corrected chi connectivity index (χ2v) is 3.33. The zero-order valence-corrected chi connectivity index (χ0v) is 9.94. The van der Waals surface area contributed by atoms with Crippen molar-refractivity contribution < 1.29 is 16.4 Å². The minimum Gasteiger partial charge on any atom is -1.00 e. The number of hydrogen-bond donors (Lipinski definition) is 0. The van der Waals surface area contributed by atoms with Gasteiger partial charge in [0.2, 0.25) is 0 Å². The molecule has 58 valence electrons. The minimum absolute atomic E-state index is 0. The summed E-state index contributed by atoms with van der Waals surface area (Å²) in [5, 5.41) is 0. The van der Waals surface area contributed by atoms with Crippen LogP contribution in [0.5, 0.6) is 0 Å². The van der Waals surface area contributed by atoms with Gasteiger partial charge in [-0.3, -0.25) is 4.52 Å². The van der Waals surface area contributed by atoms with Gasteiger partial charge < -0.3 is 7.34 Å². The largest absolute Gasteiger partial charge is 2.00 e. The van der Waals surface area contributed by atoms with E-state index in [4.69, 9.17) is 0 Å². The van der Waals surface area contributed by atoms with Crippen molar-refractivity contribution in [3.63, 3.8) is 0 Å². The van der Waals surface area contributed by atoms with Crippen molar-refractivity contribution in [3.05, 3.63) is 0 Å². The average Bonchev–Trinajstić information content (AvgIpc) is 1.63. The van der Waals surface area contributed by atoms with E-state index >= 15 is 0 Å². The van der Waals surface area contributed by atoms with Crippen LogP contribution < -0.4 is 0 Å². The summed E-state index contributed by atoms with van der Waals surface area (Å²) in [6.45, 7) is 1.43. The molecule has 0 radical (unpaired) electrons. The molecule has 0 aromatic rings. The second kappa shape index (κ2) is 6.96. The fourth-order valence-corrected chi connectivity index (χ4v) is 0.508. The maximum atomic E-state index is 9.76. The van der Waals surface area contributed by atoms with Gasteiger partial charge in [-0.1, -0.05) is 0 Å². The summed E-state index contributed by atoms with van der Waals surface area (Å²) in [6.07, 6.45) is 0. The molecule has 0 aliphatic heterocycles. The molecule has 0 saturated carbocycles. The summed E-state index contributed by atoms with van der Waals surface area (Å²) < 4.78 is 15.2. The molecule has 0 amide bonds. The number of nitrogens with zero attached hydrogens (tertiary/aromatic N) is 1. The van der Waals surface area contributed by atoms with E-state index in [2.05, 4.69) is 25.7 Å². The van der Waals surface area contributed by atoms with E-state index in [1.165, 1.54) is 0 Å². The number of hydrogen-bond acceptors (Lipinski definition) is 2. The third kappa shape index (κ3) is 12.0. The van der Waals surface area contributed by atoms with Crippen LogP contribution in [0.15, 0.2) is 0 Å². The van der Waals surface area contributed by atoms with Crippen molar-refractivity contribution in [3.8, 4) is 0 Å². The van der Waals surface area contributed by atoms with Crippen LogP contribution in [-0.4, -0.2) is 76.5 Å². The predicted molar refractivity (Wildman–Crippen MR) is 44.4 cm³/mol. The summed E-state index contributed by atoms with van der Waals surface area (Å²) in [7, 11) is 5.96. The van der Waals surface area contributed by atoms with Gasteiger partial charge in [0, 0.05) is 0 Å². The Labute approximate surface area is 96.6 Å². The molecule has 0 spiro atoms. The van der Waals surface area contributed by atoms with Gasteiger partial charge in [0.1, 0.15) is 13.2 Å². The first-order chi connectivity index (χ1) is 4.06. The molecule has 0 aromatic carbocycles. The molecule has 0 aliphatic carbocycles. The van der Waals surface area contributed by atoms with Crippen molar-refractivity contribution in [2.45, 2.75) is 0 Å². The molecule has 10 heavy (non-hydrogen) atoms. The molecule has 0 saturated heterocycles. The van der Waals surface area contributed by atoms with Crippen LogP contribution in [0.25, 0.3) is 0 Å². The van der Waals surface area contributed by atoms with E-state index in [1.54, 1.807) is 0 Å². The normalized spacial score (nSPS) is 11.1. The number of rotatable bonds is 4. The number of likely N-dealkylation sites (N-methyl/N-ethyl adjacent to an activating group) is 1. The summed E-state index contributed by atoms with van der Waals surface area (Å²) in [6, 6.07) is 0. The fraction of sp³-hybridized carbons (Fsp3) is 1.00. The molecule has 0 fully saturated rings. The monoisotopic (exact) mass is 192 g/mol. The Balaban J connectivity index is -0.000000107. The van der Waals surface area contributed by atoms with E-state index in [0.29, 0.717) is 6.61 Å². The van der Waals surface area contributed by atoms with Gasteiger partial charge >= 0.3 is 46.4 Å². The summed E-state index contributed by atoms with van der Waals surface area (Å²) in [5.74, 6) is 0. The number of quaternary nitrogens is 1. The Bertz CT molecular complexity index is 102. The molecule has 0 atom stereocenters. The maximum Gasteiger partial charge on any atom is 2.00 e. The molecule has 0 rings (SSSR count). The average molecular weight is 192 g/mol. The Morgan fingerprint density at radius 3 is 2.30 bits per heavy atom. The first kappa shape index (κ1) is 13.8. The summed E-state index contributed by atoms with van der Waals surface area (Å²) in [5.41, 5.74) is 0. The third-order valence-electron chi connectivity index (χ3n) is 0.906. The van der Waals surface area contributed by atoms with Gasteiger partial charge in [0.15, 0.2) is 0 Å². The van der Waals surface area contributed by atoms with Gasteiger partial charge in [-0.15, -0.1) is 0 Å². The summed E-state index contributed by atoms with van der Waals surface area (Å²) in [4.78, 5) is 0. The molecular formula is C5H15CaNO2P+. The van der Waals surface area contributed by atoms with Crippen LogP contribution in [0.4, 0.5) is 0 Å². The third-order valence-corrected chi connectivity index (χ3v) is 1.19. The molecule has 0 aliphatic rings. The van der Waals surface area contributed by atoms with Crippen molar-refractivity contribution in [2.75, 3.05) is 34.3 Å². The van der Waals surface area contributed by atoms with E-state index in [0.717, 1.165) is 11.0 Å². The van der Waals surface area contributed by atoms with Crippen LogP contribution in [0, 0.1) is 0 Å². The quantitative estimate of drug-likeness (QED) is 0.284. The topological polar surface area (TPSA) is 26.3 Å². The molecule has 0 bridgehead atoms. The van der Waals surface area contributed by atoms with Gasteiger partial charge in [-0.25, -0.2) is 4.57 Å².